The second-order valence-corrected chi connectivity index (χ2v) is 12.5. The Morgan fingerprint density at radius 2 is 1.59 bits per heavy atom. The Kier molecular flexibility index (Phi) is 4.95. The predicted molar refractivity (Wildman–Crippen MR) is 88.3 cm³/mol. The lowest BCUT2D eigenvalue weighted by molar-refractivity contribution is -0.139. The van der Waals surface area contributed by atoms with Gasteiger partial charge in [0.2, 0.25) is 0 Å². The van der Waals surface area contributed by atoms with Gasteiger partial charge < -0.3 is 9.47 Å². The molecule has 0 spiro atoms. The molecule has 122 valence electrons. The molecule has 1 atom stereocenters. The quantitative estimate of drug-likeness (QED) is 0.452. The monoisotopic (exact) mass is 322 g/mol. The lowest BCUT2D eigenvalue weighted by Gasteiger charge is -2.40. The summed E-state index contributed by atoms with van der Waals surface area (Å²) in [5.41, 5.74) is 3.90. The van der Waals surface area contributed by atoms with Crippen molar-refractivity contribution in [1.29, 1.82) is 0 Å². The van der Waals surface area contributed by atoms with Gasteiger partial charge in [0, 0.05) is 12.0 Å². The molecule has 0 fully saturated rings. The van der Waals surface area contributed by atoms with E-state index in [1.165, 1.54) is 38.2 Å². The van der Waals surface area contributed by atoms with Crippen LogP contribution in [0.3, 0.4) is 0 Å². The third-order valence-electron chi connectivity index (χ3n) is 4.68. The predicted octanol–water partition coefficient (Wildman–Crippen LogP) is 3.61. The fourth-order valence-corrected chi connectivity index (χ4v) is 6.36. The molecule has 2 aliphatic carbocycles. The van der Waals surface area contributed by atoms with Crippen LogP contribution in [0.15, 0.2) is 22.3 Å². The van der Waals surface area contributed by atoms with Gasteiger partial charge in [-0.3, -0.25) is 0 Å². The van der Waals surface area contributed by atoms with Crippen LogP contribution < -0.4 is 0 Å². The molecule has 4 nitrogen and oxygen atoms in total. The number of esters is 2. The number of carbonyl (C=O) groups excluding carboxylic acids is 2. The molecule has 0 aromatic heterocycles. The fraction of sp³-hybridized carbons (Fsp3) is 0.647. The number of rotatable bonds is 3. The highest BCUT2D eigenvalue weighted by molar-refractivity contribution is 6.79. The van der Waals surface area contributed by atoms with Gasteiger partial charge in [-0.15, -0.1) is 0 Å². The molecule has 2 aliphatic rings. The van der Waals surface area contributed by atoms with E-state index in [4.69, 9.17) is 9.47 Å². The number of methoxy groups -OCH3 is 2. The van der Waals surface area contributed by atoms with E-state index < -0.39 is 8.07 Å². The summed E-state index contributed by atoms with van der Waals surface area (Å²) in [6, 6.07) is 0. The number of hydrogen-bond donors (Lipinski definition) is 0. The minimum atomic E-state index is -1.73. The van der Waals surface area contributed by atoms with E-state index in [9.17, 15) is 9.59 Å². The average Bonchev–Trinajstić information content (AvgIpc) is 2.50. The van der Waals surface area contributed by atoms with Crippen LogP contribution >= 0.6 is 0 Å². The van der Waals surface area contributed by atoms with Crippen LogP contribution in [0.4, 0.5) is 0 Å². The first-order chi connectivity index (χ1) is 10.3. The topological polar surface area (TPSA) is 52.6 Å². The van der Waals surface area contributed by atoms with Crippen LogP contribution in [0.5, 0.6) is 0 Å². The Morgan fingerprint density at radius 3 is 2.14 bits per heavy atom. The van der Waals surface area contributed by atoms with Gasteiger partial charge >= 0.3 is 11.9 Å². The molecule has 0 radical (unpaired) electrons. The molecule has 0 bridgehead atoms. The Morgan fingerprint density at radius 1 is 1.00 bits per heavy atom. The summed E-state index contributed by atoms with van der Waals surface area (Å²) in [5.74, 6) is -0.759. The Bertz CT molecular complexity index is 551. The van der Waals surface area contributed by atoms with Gasteiger partial charge in [0.05, 0.1) is 33.4 Å². The lowest BCUT2D eigenvalue weighted by Crippen LogP contribution is -2.38. The Labute approximate surface area is 133 Å². The van der Waals surface area contributed by atoms with Gasteiger partial charge in [0.25, 0.3) is 0 Å². The number of hydrogen-bond acceptors (Lipinski definition) is 4. The summed E-state index contributed by atoms with van der Waals surface area (Å²) in [4.78, 5) is 24.7. The first-order valence-corrected chi connectivity index (χ1v) is 11.5. The highest BCUT2D eigenvalue weighted by Crippen LogP contribution is 2.50. The summed E-state index contributed by atoms with van der Waals surface area (Å²) < 4.78 is 9.96. The van der Waals surface area contributed by atoms with Crippen LogP contribution in [-0.4, -0.2) is 34.2 Å². The van der Waals surface area contributed by atoms with Crippen molar-refractivity contribution in [2.24, 2.45) is 0 Å². The van der Waals surface area contributed by atoms with Gasteiger partial charge in [0.15, 0.2) is 0 Å². The van der Waals surface area contributed by atoms with Crippen LogP contribution in [0, 0.1) is 0 Å². The molecule has 0 saturated carbocycles. The molecule has 0 saturated heterocycles. The molecular formula is C17H26O4Si. The van der Waals surface area contributed by atoms with Crippen LogP contribution in [0.25, 0.3) is 0 Å². The van der Waals surface area contributed by atoms with Gasteiger partial charge in [-0.2, -0.15) is 0 Å². The maximum Gasteiger partial charge on any atom is 0.334 e. The minimum Gasteiger partial charge on any atom is -0.466 e. The summed E-state index contributed by atoms with van der Waals surface area (Å²) in [6.07, 6.45) is 4.96. The van der Waals surface area contributed by atoms with Crippen LogP contribution in [-0.2, 0) is 19.1 Å². The molecule has 0 N–H and O–H groups in total. The van der Waals surface area contributed by atoms with E-state index in [-0.39, 0.29) is 17.5 Å². The lowest BCUT2D eigenvalue weighted by atomic mass is 9.78. The minimum absolute atomic E-state index is 0.0677. The van der Waals surface area contributed by atoms with Crippen molar-refractivity contribution in [3.8, 4) is 0 Å². The largest absolute Gasteiger partial charge is 0.466 e. The van der Waals surface area contributed by atoms with Gasteiger partial charge in [-0.05, 0) is 25.7 Å². The van der Waals surface area contributed by atoms with E-state index in [1.807, 2.05) is 0 Å². The van der Waals surface area contributed by atoms with E-state index in [0.29, 0.717) is 17.6 Å². The van der Waals surface area contributed by atoms with Gasteiger partial charge in [-0.1, -0.05) is 30.8 Å². The molecule has 0 aromatic rings. The first-order valence-electron chi connectivity index (χ1n) is 7.91. The molecule has 2 rings (SSSR count). The Hall–Kier alpha value is -1.36. The molecular weight excluding hydrogens is 296 g/mol. The second kappa shape index (κ2) is 6.40. The maximum atomic E-state index is 12.4. The molecule has 5 heteroatoms. The van der Waals surface area contributed by atoms with E-state index in [0.717, 1.165) is 12.8 Å². The third-order valence-corrected chi connectivity index (χ3v) is 7.05. The van der Waals surface area contributed by atoms with Crippen molar-refractivity contribution in [2.75, 3.05) is 14.2 Å². The second-order valence-electron chi connectivity index (χ2n) is 7.19. The molecule has 22 heavy (non-hydrogen) atoms. The standard InChI is InChI=1S/C17H26O4Si/c1-20-16(18)13-10-11-8-6-7-9-12(11)15(22(3,4)5)14(13)17(19)21-2/h15H,6-10H2,1-5H3. The molecule has 0 aliphatic heterocycles. The smallest absolute Gasteiger partial charge is 0.334 e. The highest BCUT2D eigenvalue weighted by atomic mass is 28.3. The van der Waals surface area contributed by atoms with Crippen molar-refractivity contribution in [1.82, 2.24) is 0 Å². The zero-order valence-corrected chi connectivity index (χ0v) is 15.2. The third kappa shape index (κ3) is 3.04. The molecule has 1 unspecified atom stereocenters. The molecule has 0 amide bonds. The van der Waals surface area contributed by atoms with Crippen molar-refractivity contribution in [3.63, 3.8) is 0 Å². The molecule has 0 aromatic carbocycles. The normalized spacial score (nSPS) is 22.3. The fourth-order valence-electron chi connectivity index (χ4n) is 3.81. The maximum absolute atomic E-state index is 12.4. The van der Waals surface area contributed by atoms with Crippen molar-refractivity contribution in [3.05, 3.63) is 22.3 Å². The van der Waals surface area contributed by atoms with E-state index in [1.54, 1.807) is 0 Å². The van der Waals surface area contributed by atoms with Crippen molar-refractivity contribution >= 4 is 20.0 Å². The zero-order chi connectivity index (χ0) is 16.5. The first kappa shape index (κ1) is 17.0. The zero-order valence-electron chi connectivity index (χ0n) is 14.2. The summed E-state index contributed by atoms with van der Waals surface area (Å²) >= 11 is 0. The van der Waals surface area contributed by atoms with Gasteiger partial charge in [0.1, 0.15) is 0 Å². The van der Waals surface area contributed by atoms with E-state index in [2.05, 4.69) is 19.6 Å². The van der Waals surface area contributed by atoms with Crippen molar-refractivity contribution in [2.45, 2.75) is 57.3 Å². The summed E-state index contributed by atoms with van der Waals surface area (Å²) in [7, 11) is 1.03. The number of allylic oxidation sites excluding steroid dienone is 2. The SMILES string of the molecule is COC(=O)C1=C(C(=O)OC)C([Si](C)(C)C)C2=C(CCCC2)C1. The number of carbonyl (C=O) groups is 2. The van der Waals surface area contributed by atoms with Crippen LogP contribution in [0.2, 0.25) is 25.2 Å². The van der Waals surface area contributed by atoms with Crippen molar-refractivity contribution < 1.29 is 19.1 Å². The average molecular weight is 322 g/mol. The summed E-state index contributed by atoms with van der Waals surface area (Å²) in [5, 5.41) is 0. The highest BCUT2D eigenvalue weighted by Gasteiger charge is 2.43. The van der Waals surface area contributed by atoms with E-state index >= 15 is 0 Å². The Balaban J connectivity index is 2.63. The molecule has 0 heterocycles. The van der Waals surface area contributed by atoms with Gasteiger partial charge in [-0.25, -0.2) is 9.59 Å². The number of ether oxygens (including phenoxy) is 2. The summed E-state index contributed by atoms with van der Waals surface area (Å²) in [6.45, 7) is 6.75. The van der Waals surface area contributed by atoms with Crippen LogP contribution in [0.1, 0.15) is 32.1 Å².